The van der Waals surface area contributed by atoms with E-state index in [1.54, 1.807) is 0 Å². The van der Waals surface area contributed by atoms with E-state index in [-0.39, 0.29) is 6.04 Å². The van der Waals surface area contributed by atoms with E-state index in [9.17, 15) is 0 Å². The number of imidazole rings is 1. The molecule has 0 amide bonds. The maximum absolute atomic E-state index is 5.83. The molecule has 96 valence electrons. The molecule has 1 heterocycles. The van der Waals surface area contributed by atoms with Crippen molar-refractivity contribution in [3.63, 3.8) is 0 Å². The number of nitrogens with zero attached hydrogens (tertiary/aromatic N) is 2. The van der Waals surface area contributed by atoms with E-state index in [0.29, 0.717) is 0 Å². The molecule has 0 radical (unpaired) electrons. The van der Waals surface area contributed by atoms with Crippen molar-refractivity contribution in [3.8, 4) is 0 Å². The summed E-state index contributed by atoms with van der Waals surface area (Å²) in [5.41, 5.74) is 7.01. The van der Waals surface area contributed by atoms with Crippen LogP contribution < -0.4 is 5.73 Å². The molecule has 0 aliphatic carbocycles. The van der Waals surface area contributed by atoms with Gasteiger partial charge in [-0.15, -0.1) is 11.8 Å². The minimum atomic E-state index is 0.109. The number of benzene rings is 1. The van der Waals surface area contributed by atoms with Gasteiger partial charge >= 0.3 is 0 Å². The summed E-state index contributed by atoms with van der Waals surface area (Å²) >= 11 is 1.86. The van der Waals surface area contributed by atoms with Gasteiger partial charge in [0.25, 0.3) is 0 Å². The summed E-state index contributed by atoms with van der Waals surface area (Å²) in [4.78, 5) is 5.50. The molecule has 0 bridgehead atoms. The summed E-state index contributed by atoms with van der Waals surface area (Å²) in [6, 6.07) is 8.61. The maximum Gasteiger partial charge on any atom is 0.105 e. The monoisotopic (exact) mass is 261 g/mol. The van der Waals surface area contributed by atoms with E-state index in [2.05, 4.69) is 33.8 Å². The SMILES string of the molecule is Cc1nccn1CCSc1ccc(C(C)N)cc1. The van der Waals surface area contributed by atoms with Crippen LogP contribution in [0.2, 0.25) is 0 Å². The predicted molar refractivity (Wildman–Crippen MR) is 76.7 cm³/mol. The number of thioether (sulfide) groups is 1. The van der Waals surface area contributed by atoms with E-state index in [0.717, 1.165) is 18.1 Å². The van der Waals surface area contributed by atoms with Gasteiger partial charge in [-0.3, -0.25) is 0 Å². The third-order valence-corrected chi connectivity index (χ3v) is 3.92. The second-order valence-corrected chi connectivity index (χ2v) is 5.54. The van der Waals surface area contributed by atoms with Crippen molar-refractivity contribution in [2.75, 3.05) is 5.75 Å². The molecule has 3 nitrogen and oxygen atoms in total. The molecule has 0 aliphatic heterocycles. The average molecular weight is 261 g/mol. The highest BCUT2D eigenvalue weighted by Gasteiger charge is 2.00. The van der Waals surface area contributed by atoms with Gasteiger partial charge in [-0.25, -0.2) is 4.98 Å². The number of rotatable bonds is 5. The van der Waals surface area contributed by atoms with E-state index in [4.69, 9.17) is 5.73 Å². The molecule has 0 aliphatic rings. The quantitative estimate of drug-likeness (QED) is 0.841. The highest BCUT2D eigenvalue weighted by Crippen LogP contribution is 2.20. The molecule has 1 aromatic heterocycles. The molecule has 1 unspecified atom stereocenters. The molecule has 2 N–H and O–H groups in total. The first-order valence-corrected chi connectivity index (χ1v) is 7.11. The minimum Gasteiger partial charge on any atom is -0.334 e. The van der Waals surface area contributed by atoms with Crippen molar-refractivity contribution in [3.05, 3.63) is 48.0 Å². The molecule has 4 heteroatoms. The highest BCUT2D eigenvalue weighted by atomic mass is 32.2. The summed E-state index contributed by atoms with van der Waals surface area (Å²) in [6.07, 6.45) is 3.87. The van der Waals surface area contributed by atoms with Crippen LogP contribution in [0.5, 0.6) is 0 Å². The predicted octanol–water partition coefficient (Wildman–Crippen LogP) is 3.00. The Hall–Kier alpha value is -1.26. The molecular weight excluding hydrogens is 242 g/mol. The zero-order valence-corrected chi connectivity index (χ0v) is 11.7. The molecule has 2 aromatic rings. The van der Waals surface area contributed by atoms with Crippen LogP contribution in [0.25, 0.3) is 0 Å². The standard InChI is InChI=1S/C14H19N3S/c1-11(15)13-3-5-14(6-4-13)18-10-9-17-8-7-16-12(17)2/h3-8,11H,9-10,15H2,1-2H3. The second kappa shape index (κ2) is 6.07. The highest BCUT2D eigenvalue weighted by molar-refractivity contribution is 7.99. The molecule has 1 atom stereocenters. The molecule has 0 saturated heterocycles. The van der Waals surface area contributed by atoms with Crippen LogP contribution in [0, 0.1) is 6.92 Å². The van der Waals surface area contributed by atoms with Gasteiger partial charge in [0.2, 0.25) is 0 Å². The van der Waals surface area contributed by atoms with E-state index in [1.165, 1.54) is 10.5 Å². The Labute approximate surface area is 112 Å². The average Bonchev–Trinajstić information content (AvgIpc) is 2.76. The fourth-order valence-corrected chi connectivity index (χ4v) is 2.62. The smallest absolute Gasteiger partial charge is 0.105 e. The van der Waals surface area contributed by atoms with Gasteiger partial charge in [0.15, 0.2) is 0 Å². The van der Waals surface area contributed by atoms with Gasteiger partial charge in [-0.1, -0.05) is 12.1 Å². The molecule has 1 aromatic carbocycles. The fraction of sp³-hybridized carbons (Fsp3) is 0.357. The third-order valence-electron chi connectivity index (χ3n) is 2.93. The minimum absolute atomic E-state index is 0.109. The fourth-order valence-electron chi connectivity index (χ4n) is 1.77. The lowest BCUT2D eigenvalue weighted by atomic mass is 10.1. The Morgan fingerprint density at radius 3 is 2.61 bits per heavy atom. The van der Waals surface area contributed by atoms with Gasteiger partial charge in [0.1, 0.15) is 5.82 Å². The zero-order chi connectivity index (χ0) is 13.0. The Bertz CT molecular complexity index is 488. The van der Waals surface area contributed by atoms with Crippen LogP contribution >= 0.6 is 11.8 Å². The zero-order valence-electron chi connectivity index (χ0n) is 10.8. The molecule has 18 heavy (non-hydrogen) atoms. The Kier molecular flexibility index (Phi) is 4.44. The number of hydrogen-bond acceptors (Lipinski definition) is 3. The number of nitrogens with two attached hydrogens (primary N) is 1. The van der Waals surface area contributed by atoms with Gasteiger partial charge in [-0.2, -0.15) is 0 Å². The van der Waals surface area contributed by atoms with E-state index in [1.807, 2.05) is 38.0 Å². The van der Waals surface area contributed by atoms with Crippen LogP contribution in [0.4, 0.5) is 0 Å². The first-order valence-electron chi connectivity index (χ1n) is 6.13. The van der Waals surface area contributed by atoms with Crippen molar-refractivity contribution < 1.29 is 0 Å². The van der Waals surface area contributed by atoms with Crippen LogP contribution in [-0.4, -0.2) is 15.3 Å². The maximum atomic E-state index is 5.83. The Morgan fingerprint density at radius 1 is 1.33 bits per heavy atom. The number of aromatic nitrogens is 2. The molecular formula is C14H19N3S. The van der Waals surface area contributed by atoms with Crippen LogP contribution in [0.15, 0.2) is 41.6 Å². The third kappa shape index (κ3) is 3.37. The van der Waals surface area contributed by atoms with E-state index >= 15 is 0 Å². The van der Waals surface area contributed by atoms with Gasteiger partial charge in [0.05, 0.1) is 0 Å². The summed E-state index contributed by atoms with van der Waals surface area (Å²) in [5.74, 6) is 2.12. The first kappa shape index (κ1) is 13.2. The van der Waals surface area contributed by atoms with E-state index < -0.39 is 0 Å². The second-order valence-electron chi connectivity index (χ2n) is 4.37. The van der Waals surface area contributed by atoms with Crippen molar-refractivity contribution >= 4 is 11.8 Å². The normalized spacial score (nSPS) is 12.6. The van der Waals surface area contributed by atoms with Crippen molar-refractivity contribution in [1.29, 1.82) is 0 Å². The lowest BCUT2D eigenvalue weighted by molar-refractivity contribution is 0.738. The van der Waals surface area contributed by atoms with Crippen molar-refractivity contribution in [2.45, 2.75) is 31.3 Å². The Morgan fingerprint density at radius 2 is 2.06 bits per heavy atom. The Balaban J connectivity index is 1.85. The lowest BCUT2D eigenvalue weighted by Gasteiger charge is -2.07. The topological polar surface area (TPSA) is 43.8 Å². The molecule has 0 spiro atoms. The van der Waals surface area contributed by atoms with Crippen molar-refractivity contribution in [2.24, 2.45) is 5.73 Å². The molecule has 2 rings (SSSR count). The molecule has 0 saturated carbocycles. The summed E-state index contributed by atoms with van der Waals surface area (Å²) in [7, 11) is 0. The van der Waals surface area contributed by atoms with Gasteiger partial charge in [0, 0.05) is 35.6 Å². The largest absolute Gasteiger partial charge is 0.334 e. The van der Waals surface area contributed by atoms with Gasteiger partial charge < -0.3 is 10.3 Å². The van der Waals surface area contributed by atoms with Crippen LogP contribution in [0.1, 0.15) is 24.4 Å². The summed E-state index contributed by atoms with van der Waals surface area (Å²) in [5, 5.41) is 0. The first-order chi connectivity index (χ1) is 8.66. The summed E-state index contributed by atoms with van der Waals surface area (Å²) < 4.78 is 2.17. The van der Waals surface area contributed by atoms with Crippen LogP contribution in [-0.2, 0) is 6.54 Å². The summed E-state index contributed by atoms with van der Waals surface area (Å²) in [6.45, 7) is 5.03. The molecule has 0 fully saturated rings. The van der Waals surface area contributed by atoms with Crippen molar-refractivity contribution in [1.82, 2.24) is 9.55 Å². The van der Waals surface area contributed by atoms with Gasteiger partial charge in [-0.05, 0) is 31.5 Å². The number of aryl methyl sites for hydroxylation is 2. The van der Waals surface area contributed by atoms with Crippen LogP contribution in [0.3, 0.4) is 0 Å². The number of hydrogen-bond donors (Lipinski definition) is 1. The lowest BCUT2D eigenvalue weighted by Crippen LogP contribution is -2.04.